The van der Waals surface area contributed by atoms with Gasteiger partial charge in [0.05, 0.1) is 10.0 Å². The van der Waals surface area contributed by atoms with Gasteiger partial charge in [-0.3, -0.25) is 4.79 Å². The van der Waals surface area contributed by atoms with Gasteiger partial charge in [-0.05, 0) is 19.1 Å². The fourth-order valence-corrected chi connectivity index (χ4v) is 4.63. The summed E-state index contributed by atoms with van der Waals surface area (Å²) in [4.78, 5) is 10.5. The van der Waals surface area contributed by atoms with E-state index < -0.39 is 22.0 Å². The van der Waals surface area contributed by atoms with E-state index in [4.69, 9.17) is 28.9 Å². The topological polar surface area (TPSA) is 89.3 Å². The van der Waals surface area contributed by atoms with Gasteiger partial charge in [-0.1, -0.05) is 39.1 Å². The molecule has 106 valence electrons. The van der Waals surface area contributed by atoms with Crippen LogP contribution in [-0.2, 0) is 14.8 Å². The van der Waals surface area contributed by atoms with Crippen LogP contribution in [0, 0.1) is 0 Å². The summed E-state index contributed by atoms with van der Waals surface area (Å²) in [5, 5.41) is -0.0312. The third-order valence-electron chi connectivity index (χ3n) is 2.10. The van der Waals surface area contributed by atoms with E-state index in [1.54, 1.807) is 0 Å². The van der Waals surface area contributed by atoms with Crippen molar-refractivity contribution in [2.45, 2.75) is 24.3 Å². The molecule has 3 N–H and O–H groups in total. The molecule has 0 saturated carbocycles. The first-order chi connectivity index (χ1) is 8.63. The second-order valence-corrected chi connectivity index (χ2v) is 7.27. The molecule has 0 aliphatic rings. The minimum Gasteiger partial charge on any atom is -0.370 e. The van der Waals surface area contributed by atoms with Gasteiger partial charge < -0.3 is 5.73 Å². The van der Waals surface area contributed by atoms with Crippen LogP contribution in [0.2, 0.25) is 10.0 Å². The number of nitrogens with one attached hydrogen (secondary N) is 1. The molecule has 1 atom stereocenters. The Bertz CT molecular complexity index is 584. The van der Waals surface area contributed by atoms with Gasteiger partial charge in [0.15, 0.2) is 0 Å². The van der Waals surface area contributed by atoms with Crippen LogP contribution in [-0.4, -0.2) is 20.4 Å². The Morgan fingerprint density at radius 1 is 1.42 bits per heavy atom. The van der Waals surface area contributed by atoms with Crippen molar-refractivity contribution in [3.05, 3.63) is 26.7 Å². The van der Waals surface area contributed by atoms with Gasteiger partial charge in [-0.2, -0.15) is 0 Å². The molecule has 0 aliphatic carbocycles. The molecule has 0 fully saturated rings. The summed E-state index contributed by atoms with van der Waals surface area (Å²) < 4.78 is 27.1. The number of rotatable bonds is 5. The summed E-state index contributed by atoms with van der Waals surface area (Å²) in [5.41, 5.74) is 5.00. The van der Waals surface area contributed by atoms with E-state index in [1.165, 1.54) is 19.1 Å². The van der Waals surface area contributed by atoms with E-state index in [0.717, 1.165) is 0 Å². The lowest BCUT2D eigenvalue weighted by Gasteiger charge is -2.14. The third-order valence-corrected chi connectivity index (χ3v) is 5.06. The van der Waals surface area contributed by atoms with Crippen LogP contribution in [0.3, 0.4) is 0 Å². The average Bonchev–Trinajstić information content (AvgIpc) is 2.10. The maximum atomic E-state index is 12.1. The summed E-state index contributed by atoms with van der Waals surface area (Å²) in [7, 11) is -3.93. The van der Waals surface area contributed by atoms with Crippen molar-refractivity contribution in [3.63, 3.8) is 0 Å². The van der Waals surface area contributed by atoms with E-state index in [9.17, 15) is 13.2 Å². The number of amides is 1. The molecule has 1 amide bonds. The molecule has 0 aromatic heterocycles. The number of nitrogens with two attached hydrogens (primary N) is 1. The lowest BCUT2D eigenvalue weighted by atomic mass is 10.2. The number of carbonyl (C=O) groups excluding carboxylic acids is 1. The van der Waals surface area contributed by atoms with Crippen molar-refractivity contribution in [3.8, 4) is 0 Å². The smallest absolute Gasteiger partial charge is 0.243 e. The maximum absolute atomic E-state index is 12.1. The lowest BCUT2D eigenvalue weighted by Crippen LogP contribution is -2.35. The van der Waals surface area contributed by atoms with Crippen LogP contribution in [0.5, 0.6) is 0 Å². The number of benzene rings is 1. The molecule has 0 radical (unpaired) electrons. The van der Waals surface area contributed by atoms with Gasteiger partial charge in [0.25, 0.3) is 0 Å². The second-order valence-electron chi connectivity index (χ2n) is 3.89. The highest BCUT2D eigenvalue weighted by atomic mass is 79.9. The molecule has 0 heterocycles. The largest absolute Gasteiger partial charge is 0.370 e. The van der Waals surface area contributed by atoms with Gasteiger partial charge in [0, 0.05) is 16.9 Å². The molecule has 1 rings (SSSR count). The van der Waals surface area contributed by atoms with Crippen molar-refractivity contribution in [1.82, 2.24) is 4.72 Å². The fraction of sp³-hybridized carbons (Fsp3) is 0.300. The number of carbonyl (C=O) groups is 1. The molecule has 1 aromatic rings. The molecule has 0 bridgehead atoms. The molecule has 0 aliphatic heterocycles. The average molecular weight is 390 g/mol. The Morgan fingerprint density at radius 2 is 1.89 bits per heavy atom. The lowest BCUT2D eigenvalue weighted by molar-refractivity contribution is -0.118. The van der Waals surface area contributed by atoms with Crippen molar-refractivity contribution in [1.29, 1.82) is 0 Å². The molecule has 1 unspecified atom stereocenters. The fourth-order valence-electron chi connectivity index (χ4n) is 1.45. The van der Waals surface area contributed by atoms with E-state index in [2.05, 4.69) is 20.7 Å². The standard InChI is InChI=1S/C10H11BrCl2N2O3S/c1-5(2-9(14)16)15-19(17,18)10-7(12)3-6(11)4-8(10)13/h3-5,15H,2H2,1H3,(H2,14,16). The van der Waals surface area contributed by atoms with Crippen LogP contribution in [0.25, 0.3) is 0 Å². The molecular weight excluding hydrogens is 379 g/mol. The van der Waals surface area contributed by atoms with Gasteiger partial charge >= 0.3 is 0 Å². The van der Waals surface area contributed by atoms with Gasteiger partial charge in [-0.25, -0.2) is 13.1 Å². The summed E-state index contributed by atoms with van der Waals surface area (Å²) >= 11 is 14.9. The number of primary amides is 1. The number of halogens is 3. The molecular formula is C10H11BrCl2N2O3S. The second kappa shape index (κ2) is 6.41. The van der Waals surface area contributed by atoms with Crippen molar-refractivity contribution >= 4 is 55.1 Å². The molecule has 19 heavy (non-hydrogen) atoms. The molecule has 0 spiro atoms. The monoisotopic (exact) mass is 388 g/mol. The minimum atomic E-state index is -3.93. The summed E-state index contributed by atoms with van der Waals surface area (Å²) in [6.07, 6.45) is -0.120. The van der Waals surface area contributed by atoms with Crippen LogP contribution < -0.4 is 10.5 Å². The van der Waals surface area contributed by atoms with Crippen molar-refractivity contribution in [2.75, 3.05) is 0 Å². The van der Waals surface area contributed by atoms with Crippen LogP contribution >= 0.6 is 39.1 Å². The van der Waals surface area contributed by atoms with E-state index in [1.807, 2.05) is 0 Å². The predicted molar refractivity (Wildman–Crippen MR) is 77.8 cm³/mol. The van der Waals surface area contributed by atoms with Gasteiger partial charge in [0.2, 0.25) is 15.9 Å². The zero-order valence-corrected chi connectivity index (χ0v) is 13.7. The van der Waals surface area contributed by atoms with Crippen LogP contribution in [0.4, 0.5) is 0 Å². The molecule has 0 saturated heterocycles. The number of sulfonamides is 1. The predicted octanol–water partition coefficient (Wildman–Crippen LogP) is 2.30. The Kier molecular flexibility index (Phi) is 5.64. The molecule has 9 heteroatoms. The Morgan fingerprint density at radius 3 is 2.32 bits per heavy atom. The quantitative estimate of drug-likeness (QED) is 0.809. The summed E-state index contributed by atoms with van der Waals surface area (Å²) in [5.74, 6) is -0.608. The highest BCUT2D eigenvalue weighted by Gasteiger charge is 2.24. The number of hydrogen-bond donors (Lipinski definition) is 2. The normalized spacial score (nSPS) is 13.3. The van der Waals surface area contributed by atoms with E-state index in [0.29, 0.717) is 4.47 Å². The third kappa shape index (κ3) is 4.61. The highest BCUT2D eigenvalue weighted by molar-refractivity contribution is 9.10. The minimum absolute atomic E-state index is 0.0156. The van der Waals surface area contributed by atoms with E-state index >= 15 is 0 Å². The van der Waals surface area contributed by atoms with Gasteiger partial charge in [0.1, 0.15) is 4.90 Å². The Labute approximate surface area is 129 Å². The van der Waals surface area contributed by atoms with Gasteiger partial charge in [-0.15, -0.1) is 0 Å². The zero-order valence-electron chi connectivity index (χ0n) is 9.78. The van der Waals surface area contributed by atoms with Crippen LogP contribution in [0.1, 0.15) is 13.3 Å². The summed E-state index contributed by atoms with van der Waals surface area (Å²) in [6, 6.07) is 2.18. The molecule has 1 aromatic carbocycles. The SMILES string of the molecule is CC(CC(N)=O)NS(=O)(=O)c1c(Cl)cc(Br)cc1Cl. The zero-order chi connectivity index (χ0) is 14.8. The number of hydrogen-bond acceptors (Lipinski definition) is 3. The maximum Gasteiger partial charge on any atom is 0.243 e. The first-order valence-corrected chi connectivity index (χ1v) is 8.12. The van der Waals surface area contributed by atoms with Crippen molar-refractivity contribution < 1.29 is 13.2 Å². The highest BCUT2D eigenvalue weighted by Crippen LogP contribution is 2.32. The Balaban J connectivity index is 3.11. The van der Waals surface area contributed by atoms with Crippen LogP contribution in [0.15, 0.2) is 21.5 Å². The molecule has 5 nitrogen and oxygen atoms in total. The van der Waals surface area contributed by atoms with E-state index in [-0.39, 0.29) is 21.4 Å². The van der Waals surface area contributed by atoms with Crippen molar-refractivity contribution in [2.24, 2.45) is 5.73 Å². The Hall–Kier alpha value is -0.340. The first kappa shape index (κ1) is 16.7. The summed E-state index contributed by atoms with van der Waals surface area (Å²) in [6.45, 7) is 1.52. The first-order valence-electron chi connectivity index (χ1n) is 5.08.